The maximum Gasteiger partial charge on any atom is 0.417 e. The Morgan fingerprint density at radius 3 is 3.04 bits per heavy atom. The summed E-state index contributed by atoms with van der Waals surface area (Å²) in [7, 11) is 0. The third-order valence-corrected chi connectivity index (χ3v) is 3.70. The van der Waals surface area contributed by atoms with E-state index in [1.807, 2.05) is 0 Å². The number of amides is 2. The molecule has 0 saturated carbocycles. The van der Waals surface area contributed by atoms with E-state index < -0.39 is 17.6 Å². The van der Waals surface area contributed by atoms with Crippen LogP contribution < -0.4 is 11.1 Å². The Kier molecular flexibility index (Phi) is 3.77. The predicted molar refractivity (Wildman–Crippen MR) is 87.7 cm³/mol. The fourth-order valence-electron chi connectivity index (χ4n) is 2.45. The van der Waals surface area contributed by atoms with E-state index in [0.717, 1.165) is 0 Å². The Bertz CT molecular complexity index is 1120. The molecule has 1 unspecified atom stereocenters. The Hall–Kier alpha value is -3.82. The maximum absolute atomic E-state index is 12.2. The van der Waals surface area contributed by atoms with Crippen LogP contribution >= 0.6 is 0 Å². The number of rotatable bonds is 4. The molecule has 0 aliphatic carbocycles. The lowest BCUT2D eigenvalue weighted by atomic mass is 10.1. The monoisotopic (exact) mass is 353 g/mol. The van der Waals surface area contributed by atoms with Gasteiger partial charge in [-0.2, -0.15) is 4.98 Å². The third-order valence-electron chi connectivity index (χ3n) is 3.70. The highest BCUT2D eigenvalue weighted by atomic mass is 16.5. The van der Waals surface area contributed by atoms with E-state index in [1.165, 1.54) is 12.3 Å². The molecule has 1 aliphatic heterocycles. The summed E-state index contributed by atoms with van der Waals surface area (Å²) in [5, 5.41) is 6.36. The first-order chi connectivity index (χ1) is 12.6. The molecule has 10 heteroatoms. The molecule has 4 rings (SSSR count). The highest BCUT2D eigenvalue weighted by Crippen LogP contribution is 2.18. The molecular formula is C16H11N5O5. The van der Waals surface area contributed by atoms with Crippen LogP contribution in [-0.2, 0) is 11.3 Å². The van der Waals surface area contributed by atoms with Crippen LogP contribution in [0.25, 0.3) is 11.1 Å². The summed E-state index contributed by atoms with van der Waals surface area (Å²) in [4.78, 5) is 45.3. The van der Waals surface area contributed by atoms with E-state index in [0.29, 0.717) is 11.1 Å². The first-order valence-electron chi connectivity index (χ1n) is 7.58. The van der Waals surface area contributed by atoms with Crippen LogP contribution in [0.15, 0.2) is 49.1 Å². The topological polar surface area (TPSA) is 143 Å². The summed E-state index contributed by atoms with van der Waals surface area (Å²) in [6, 6.07) is 4.57. The van der Waals surface area contributed by atoms with Crippen LogP contribution in [0.1, 0.15) is 28.0 Å². The zero-order valence-electron chi connectivity index (χ0n) is 13.1. The van der Waals surface area contributed by atoms with E-state index >= 15 is 0 Å². The van der Waals surface area contributed by atoms with Gasteiger partial charge >= 0.3 is 5.76 Å². The minimum Gasteiger partial charge on any atom is -0.408 e. The Labute approximate surface area is 144 Å². The molecule has 3 heterocycles. The fourth-order valence-corrected chi connectivity index (χ4v) is 2.45. The molecule has 130 valence electrons. The van der Waals surface area contributed by atoms with E-state index in [-0.39, 0.29) is 29.8 Å². The number of allylic oxidation sites excluding steroid dienone is 1. The van der Waals surface area contributed by atoms with Crippen molar-refractivity contribution in [1.82, 2.24) is 20.4 Å². The molecule has 1 aliphatic rings. The minimum atomic E-state index is -0.688. The lowest BCUT2D eigenvalue weighted by Gasteiger charge is -2.04. The van der Waals surface area contributed by atoms with Gasteiger partial charge in [-0.05, 0) is 24.3 Å². The number of nitrogens with zero attached hydrogens (tertiary/aromatic N) is 3. The number of hydrogen-bond donors (Lipinski definition) is 2. The van der Waals surface area contributed by atoms with E-state index in [1.54, 1.807) is 24.3 Å². The Morgan fingerprint density at radius 1 is 1.31 bits per heavy atom. The van der Waals surface area contributed by atoms with E-state index in [9.17, 15) is 14.4 Å². The summed E-state index contributed by atoms with van der Waals surface area (Å²) < 4.78 is 9.97. The lowest BCUT2D eigenvalue weighted by molar-refractivity contribution is -0.118. The van der Waals surface area contributed by atoms with Crippen molar-refractivity contribution in [3.8, 4) is 0 Å². The SMILES string of the molecule is O=C(NCc1nc(C2C=CC=NC2=O)no1)c1ccc2[nH]c(=O)oc2c1. The average Bonchev–Trinajstić information content (AvgIpc) is 3.24. The molecule has 0 fully saturated rings. The molecule has 0 saturated heterocycles. The zero-order chi connectivity index (χ0) is 18.1. The first-order valence-corrected chi connectivity index (χ1v) is 7.58. The van der Waals surface area contributed by atoms with Gasteiger partial charge in [0.25, 0.3) is 11.8 Å². The molecule has 2 N–H and O–H groups in total. The second-order valence-corrected chi connectivity index (χ2v) is 5.43. The Morgan fingerprint density at radius 2 is 2.19 bits per heavy atom. The normalized spacial score (nSPS) is 16.3. The van der Waals surface area contributed by atoms with Crippen LogP contribution in [0.2, 0.25) is 0 Å². The third kappa shape index (κ3) is 2.95. The van der Waals surface area contributed by atoms with Gasteiger partial charge in [-0.15, -0.1) is 0 Å². The highest BCUT2D eigenvalue weighted by Gasteiger charge is 2.24. The van der Waals surface area contributed by atoms with Gasteiger partial charge < -0.3 is 14.3 Å². The fraction of sp³-hybridized carbons (Fsp3) is 0.125. The molecule has 1 aromatic carbocycles. The first kappa shape index (κ1) is 15.7. The number of hydrogen-bond acceptors (Lipinski definition) is 7. The van der Waals surface area contributed by atoms with Crippen molar-refractivity contribution >= 4 is 29.1 Å². The van der Waals surface area contributed by atoms with Crippen molar-refractivity contribution in [2.45, 2.75) is 12.5 Å². The largest absolute Gasteiger partial charge is 0.417 e. The van der Waals surface area contributed by atoms with Crippen molar-refractivity contribution in [2.75, 3.05) is 0 Å². The van der Waals surface area contributed by atoms with Crippen LogP contribution in [0.4, 0.5) is 0 Å². The number of aromatic nitrogens is 3. The van der Waals surface area contributed by atoms with Gasteiger partial charge in [0.2, 0.25) is 5.89 Å². The quantitative estimate of drug-likeness (QED) is 0.702. The number of dihydropyridines is 1. The second-order valence-electron chi connectivity index (χ2n) is 5.43. The molecule has 0 radical (unpaired) electrons. The van der Waals surface area contributed by atoms with Gasteiger partial charge in [0.1, 0.15) is 5.92 Å². The molecule has 10 nitrogen and oxygen atoms in total. The van der Waals surface area contributed by atoms with Crippen molar-refractivity contribution in [1.29, 1.82) is 0 Å². The Balaban J connectivity index is 1.44. The number of benzene rings is 1. The molecular weight excluding hydrogens is 342 g/mol. The number of carbonyl (C=O) groups is 2. The maximum atomic E-state index is 12.2. The minimum absolute atomic E-state index is 0.0190. The van der Waals surface area contributed by atoms with Crippen LogP contribution in [0.5, 0.6) is 0 Å². The summed E-state index contributed by atoms with van der Waals surface area (Å²) in [6.07, 6.45) is 4.63. The van der Waals surface area contributed by atoms with Crippen molar-refractivity contribution in [3.05, 3.63) is 58.2 Å². The van der Waals surface area contributed by atoms with Crippen molar-refractivity contribution < 1.29 is 18.5 Å². The number of aromatic amines is 1. The van der Waals surface area contributed by atoms with Crippen LogP contribution in [0.3, 0.4) is 0 Å². The predicted octanol–water partition coefficient (Wildman–Crippen LogP) is 0.685. The van der Waals surface area contributed by atoms with Gasteiger partial charge in [0.05, 0.1) is 12.1 Å². The molecule has 2 aromatic heterocycles. The second kappa shape index (κ2) is 6.24. The van der Waals surface area contributed by atoms with Gasteiger partial charge in [-0.1, -0.05) is 11.2 Å². The number of carbonyl (C=O) groups excluding carboxylic acids is 2. The van der Waals surface area contributed by atoms with Gasteiger partial charge in [0, 0.05) is 11.8 Å². The summed E-state index contributed by atoms with van der Waals surface area (Å²) >= 11 is 0. The molecule has 26 heavy (non-hydrogen) atoms. The summed E-state index contributed by atoms with van der Waals surface area (Å²) in [5.74, 6) is -1.74. The van der Waals surface area contributed by atoms with Gasteiger partial charge in [-0.3, -0.25) is 14.6 Å². The highest BCUT2D eigenvalue weighted by molar-refractivity contribution is 5.97. The molecule has 0 spiro atoms. The number of aliphatic imine (C=N–C) groups is 1. The van der Waals surface area contributed by atoms with Crippen molar-refractivity contribution in [2.24, 2.45) is 4.99 Å². The number of fused-ring (bicyclic) bond motifs is 1. The van der Waals surface area contributed by atoms with Gasteiger partial charge in [0.15, 0.2) is 11.4 Å². The number of oxazole rings is 1. The lowest BCUT2D eigenvalue weighted by Crippen LogP contribution is -2.23. The standard InChI is InChI=1S/C16H11N5O5/c22-14(8-3-4-10-11(6-8)25-16(24)19-10)18-7-12-20-13(21-26-12)9-2-1-5-17-15(9)23/h1-6,9H,7H2,(H,18,22)(H,19,24). The molecule has 2 amide bonds. The van der Waals surface area contributed by atoms with Crippen molar-refractivity contribution in [3.63, 3.8) is 0 Å². The molecule has 0 bridgehead atoms. The van der Waals surface area contributed by atoms with E-state index in [2.05, 4.69) is 25.4 Å². The van der Waals surface area contributed by atoms with Crippen LogP contribution in [-0.4, -0.2) is 33.2 Å². The molecule has 3 aromatic rings. The number of H-pyrrole nitrogens is 1. The van der Waals surface area contributed by atoms with Crippen LogP contribution in [0, 0.1) is 0 Å². The summed E-state index contributed by atoms with van der Waals surface area (Å²) in [6.45, 7) is -0.0190. The molecule has 1 atom stereocenters. The smallest absolute Gasteiger partial charge is 0.408 e. The summed E-state index contributed by atoms with van der Waals surface area (Å²) in [5.41, 5.74) is 1.09. The average molecular weight is 353 g/mol. The van der Waals surface area contributed by atoms with Gasteiger partial charge in [-0.25, -0.2) is 9.79 Å². The van der Waals surface area contributed by atoms with E-state index in [4.69, 9.17) is 8.94 Å². The zero-order valence-corrected chi connectivity index (χ0v) is 13.1. The number of nitrogens with one attached hydrogen (secondary N) is 2.